The van der Waals surface area contributed by atoms with Crippen molar-refractivity contribution in [3.05, 3.63) is 94.5 Å². The molecule has 2 aliphatic heterocycles. The molecule has 0 unspecified atom stereocenters. The van der Waals surface area contributed by atoms with Crippen molar-refractivity contribution in [1.82, 2.24) is 15.5 Å². The molecule has 0 bridgehead atoms. The molecule has 0 spiro atoms. The molecule has 2 heterocycles. The maximum Gasteiger partial charge on any atom is 0.317 e. The van der Waals surface area contributed by atoms with Crippen molar-refractivity contribution in [2.75, 3.05) is 37.2 Å². The van der Waals surface area contributed by atoms with Crippen LogP contribution in [0.25, 0.3) is 0 Å². The molecule has 5 rings (SSSR count). The quantitative estimate of drug-likeness (QED) is 0.374. The molecule has 0 saturated carbocycles. The Morgan fingerprint density at radius 2 is 1.54 bits per heavy atom. The summed E-state index contributed by atoms with van der Waals surface area (Å²) in [5.74, 6) is -0.0736. The van der Waals surface area contributed by atoms with Crippen LogP contribution in [0, 0.1) is 0 Å². The number of anilines is 2. The maximum absolute atomic E-state index is 12.4. The molecule has 2 aliphatic rings. The minimum atomic E-state index is -0.0736. The van der Waals surface area contributed by atoms with Crippen molar-refractivity contribution < 1.29 is 19.9 Å². The lowest BCUT2D eigenvalue weighted by atomic mass is 10.0. The minimum Gasteiger partial charge on any atom is -0.399 e. The fourth-order valence-electron chi connectivity index (χ4n) is 4.79. The van der Waals surface area contributed by atoms with Crippen LogP contribution < -0.4 is 21.7 Å². The van der Waals surface area contributed by atoms with E-state index in [0.29, 0.717) is 19.6 Å². The van der Waals surface area contributed by atoms with Crippen molar-refractivity contribution >= 4 is 23.3 Å². The van der Waals surface area contributed by atoms with E-state index in [0.717, 1.165) is 55.7 Å². The Balaban J connectivity index is 0.000000816. The average Bonchev–Trinajstić information content (AvgIpc) is 3.41. The molecule has 0 atom stereocenters. The lowest BCUT2D eigenvalue weighted by molar-refractivity contribution is -0.114. The molecule has 3 amide bonds. The predicted octanol–water partition coefficient (Wildman–Crippen LogP) is 4.90. The molecule has 3 aromatic rings. The van der Waals surface area contributed by atoms with Crippen molar-refractivity contribution in [3.63, 3.8) is 0 Å². The molecule has 0 aromatic heterocycles. The Morgan fingerprint density at radius 1 is 0.892 bits per heavy atom. The SMILES string of the molecule is CC(=O)Nc1ccc2c(c1)CCN(C(=O)NCc1ccccc1)CC2.Nc1ccc2c(c1)CCNCC2.[2HH].[2H][2H].[2H][2H].[2H][2H]. The molecular formula is C30H45N5O2. The third-order valence-electron chi connectivity index (χ3n) is 6.78. The van der Waals surface area contributed by atoms with Gasteiger partial charge < -0.3 is 26.6 Å². The van der Waals surface area contributed by atoms with Gasteiger partial charge in [0.2, 0.25) is 5.91 Å². The van der Waals surface area contributed by atoms with E-state index in [9.17, 15) is 9.59 Å². The highest BCUT2D eigenvalue weighted by molar-refractivity contribution is 5.88. The first-order valence-corrected chi connectivity index (χ1v) is 13.0. The van der Waals surface area contributed by atoms with Gasteiger partial charge in [-0.3, -0.25) is 4.79 Å². The number of carbonyl (C=O) groups excluding carboxylic acids is 2. The van der Waals surface area contributed by atoms with Gasteiger partial charge in [-0.05, 0) is 90.9 Å². The number of carbonyl (C=O) groups is 2. The summed E-state index contributed by atoms with van der Waals surface area (Å²) in [5.41, 5.74) is 13.8. The van der Waals surface area contributed by atoms with E-state index in [4.69, 9.17) is 14.6 Å². The standard InChI is InChI=1S/C20H23N3O2.C10H14N2.4H2/c1-15(24)22-19-8-7-17-9-11-23(12-10-18(17)13-19)20(25)21-14-16-5-3-2-4-6-16;11-10-2-1-8-3-5-12-6-4-9(8)7-10;;;;/h2-8,13H,9-12,14H2,1H3,(H,21,25)(H,22,24);1-2,7,12H,3-6,11H2;4*1H/i;;3*1+1D;1+1. The molecule has 0 radical (unpaired) electrons. The first-order chi connectivity index (χ1) is 21.0. The van der Waals surface area contributed by atoms with Gasteiger partial charge in [0.25, 0.3) is 0 Å². The number of nitrogen functional groups attached to an aromatic ring is 1. The van der Waals surface area contributed by atoms with E-state index in [2.05, 4.69) is 28.1 Å². The van der Waals surface area contributed by atoms with Crippen LogP contribution in [-0.2, 0) is 37.0 Å². The molecule has 0 saturated heterocycles. The number of hydrogen-bond acceptors (Lipinski definition) is 4. The van der Waals surface area contributed by atoms with Crippen LogP contribution in [0.1, 0.15) is 45.1 Å². The molecule has 0 fully saturated rings. The van der Waals surface area contributed by atoms with E-state index < -0.39 is 0 Å². The zero-order valence-electron chi connectivity index (χ0n) is 27.6. The zero-order chi connectivity index (χ0) is 32.0. The Bertz CT molecular complexity index is 1240. The molecule has 202 valence electrons. The van der Waals surface area contributed by atoms with Gasteiger partial charge in [-0.15, -0.1) is 0 Å². The zero-order valence-corrected chi connectivity index (χ0v) is 21.6. The van der Waals surface area contributed by atoms with Crippen LogP contribution in [0.4, 0.5) is 16.2 Å². The van der Waals surface area contributed by atoms with Crippen LogP contribution in [0.2, 0.25) is 0 Å². The number of urea groups is 1. The van der Waals surface area contributed by atoms with Crippen molar-refractivity contribution in [2.24, 2.45) is 0 Å². The van der Waals surface area contributed by atoms with Crippen molar-refractivity contribution in [3.8, 4) is 0 Å². The maximum atomic E-state index is 12.4. The van der Waals surface area contributed by atoms with Crippen LogP contribution in [0.3, 0.4) is 0 Å². The molecule has 37 heavy (non-hydrogen) atoms. The van der Waals surface area contributed by atoms with Gasteiger partial charge in [0.15, 0.2) is 0 Å². The third kappa shape index (κ3) is 7.82. The van der Waals surface area contributed by atoms with Crippen molar-refractivity contribution in [1.29, 1.82) is 0 Å². The smallest absolute Gasteiger partial charge is 0.317 e. The fourth-order valence-corrected chi connectivity index (χ4v) is 4.79. The van der Waals surface area contributed by atoms with E-state index in [1.807, 2.05) is 59.5 Å². The van der Waals surface area contributed by atoms with Crippen LogP contribution >= 0.6 is 0 Å². The summed E-state index contributed by atoms with van der Waals surface area (Å²) in [6, 6.07) is 22.1. The lowest BCUT2D eigenvalue weighted by Crippen LogP contribution is -2.41. The number of fused-ring (bicyclic) bond motifs is 2. The Morgan fingerprint density at radius 3 is 2.30 bits per heavy atom. The number of rotatable bonds is 3. The second kappa shape index (κ2) is 12.9. The summed E-state index contributed by atoms with van der Waals surface area (Å²) in [5, 5.41) is 9.18. The Hall–Kier alpha value is -3.84. The second-order valence-corrected chi connectivity index (χ2v) is 9.57. The lowest BCUT2D eigenvalue weighted by Gasteiger charge is -2.20. The molecule has 7 heteroatoms. The number of hydrogen-bond donors (Lipinski definition) is 4. The van der Waals surface area contributed by atoms with Gasteiger partial charge in [0.05, 0.1) is 0 Å². The summed E-state index contributed by atoms with van der Waals surface area (Å²) < 4.78 is 30.0. The summed E-state index contributed by atoms with van der Waals surface area (Å²) in [7, 11) is 0. The van der Waals surface area contributed by atoms with Gasteiger partial charge in [0, 0.05) is 48.3 Å². The average molecular weight is 515 g/mol. The molecule has 0 aliphatic carbocycles. The fraction of sp³-hybridized carbons (Fsp3) is 0.333. The van der Waals surface area contributed by atoms with Crippen molar-refractivity contribution in [2.45, 2.75) is 39.2 Å². The minimum absolute atomic E-state index is 0. The Labute approximate surface area is 230 Å². The van der Waals surface area contributed by atoms with E-state index in [1.54, 1.807) is 0 Å². The van der Waals surface area contributed by atoms with E-state index in [1.165, 1.54) is 29.2 Å². The van der Waals surface area contributed by atoms with Gasteiger partial charge in [0.1, 0.15) is 0 Å². The highest BCUT2D eigenvalue weighted by Gasteiger charge is 2.18. The molecule has 3 aromatic carbocycles. The number of nitrogens with zero attached hydrogens (tertiary/aromatic N) is 1. The number of nitrogens with two attached hydrogens (primary N) is 1. The van der Waals surface area contributed by atoms with Crippen LogP contribution in [0.5, 0.6) is 0 Å². The van der Waals surface area contributed by atoms with Gasteiger partial charge in [-0.25, -0.2) is 4.79 Å². The van der Waals surface area contributed by atoms with Gasteiger partial charge in [-0.1, -0.05) is 42.5 Å². The topological polar surface area (TPSA) is 99.5 Å². The van der Waals surface area contributed by atoms with E-state index >= 15 is 0 Å². The van der Waals surface area contributed by atoms with Crippen LogP contribution in [-0.4, -0.2) is 43.0 Å². The molecule has 5 N–H and O–H groups in total. The number of nitrogens with one attached hydrogen (secondary N) is 3. The monoisotopic (exact) mass is 514 g/mol. The summed E-state index contributed by atoms with van der Waals surface area (Å²) >= 11 is 0. The van der Waals surface area contributed by atoms with Crippen LogP contribution in [0.15, 0.2) is 66.7 Å². The molecular weight excluding hydrogens is 462 g/mol. The highest BCUT2D eigenvalue weighted by atomic mass is 16.2. The summed E-state index contributed by atoms with van der Waals surface area (Å²) in [4.78, 5) is 25.5. The number of benzene rings is 3. The third-order valence-corrected chi connectivity index (χ3v) is 6.78. The summed E-state index contributed by atoms with van der Waals surface area (Å²) in [6.45, 7) is 5.60. The predicted molar refractivity (Wildman–Crippen MR) is 158 cm³/mol. The van der Waals surface area contributed by atoms with Gasteiger partial charge >= 0.3 is 6.03 Å². The second-order valence-electron chi connectivity index (χ2n) is 9.57. The highest BCUT2D eigenvalue weighted by Crippen LogP contribution is 2.21. The Kier molecular flexibility index (Phi) is 7.81. The van der Waals surface area contributed by atoms with E-state index in [-0.39, 0.29) is 13.4 Å². The summed E-state index contributed by atoms with van der Waals surface area (Å²) in [6.07, 6.45) is 3.87. The first-order valence-electron chi connectivity index (χ1n) is 16.0. The number of amides is 3. The molecule has 7 nitrogen and oxygen atoms in total. The first kappa shape index (κ1) is 22.4. The largest absolute Gasteiger partial charge is 0.399 e. The normalized spacial score (nSPS) is 15.2. The van der Waals surface area contributed by atoms with Gasteiger partial charge in [-0.2, -0.15) is 0 Å².